The Morgan fingerprint density at radius 3 is 2.79 bits per heavy atom. The van der Waals surface area contributed by atoms with Gasteiger partial charge < -0.3 is 5.11 Å². The minimum Gasteiger partial charge on any atom is -0.480 e. The maximum absolute atomic E-state index is 11.6. The largest absolute Gasteiger partial charge is 0.480 e. The van der Waals surface area contributed by atoms with Gasteiger partial charge in [-0.1, -0.05) is 0 Å². The molecule has 0 amide bonds. The highest BCUT2D eigenvalue weighted by atomic mass is 16.4. The summed E-state index contributed by atoms with van der Waals surface area (Å²) < 4.78 is 0. The van der Waals surface area contributed by atoms with Gasteiger partial charge in [-0.15, -0.1) is 0 Å². The number of nitrogens with zero attached hydrogens (tertiary/aromatic N) is 2. The summed E-state index contributed by atoms with van der Waals surface area (Å²) in [5.74, 6) is -0.715. The second kappa shape index (κ2) is 5.04. The minimum absolute atomic E-state index is 0.425. The Kier molecular flexibility index (Phi) is 3.53. The summed E-state index contributed by atoms with van der Waals surface area (Å²) in [6, 6.07) is 1.08. The zero-order valence-corrected chi connectivity index (χ0v) is 11.8. The first-order chi connectivity index (χ1) is 9.07. The lowest BCUT2D eigenvalue weighted by atomic mass is 10.00. The quantitative estimate of drug-likeness (QED) is 0.753. The van der Waals surface area contributed by atoms with Crippen molar-refractivity contribution in [1.82, 2.24) is 15.1 Å². The van der Waals surface area contributed by atoms with Gasteiger partial charge in [0.2, 0.25) is 0 Å². The summed E-state index contributed by atoms with van der Waals surface area (Å²) in [7, 11) is 0. The van der Waals surface area contributed by atoms with E-state index >= 15 is 0 Å². The van der Waals surface area contributed by atoms with Gasteiger partial charge in [0, 0.05) is 38.3 Å². The molecule has 2 aliphatic heterocycles. The molecule has 2 unspecified atom stereocenters. The highest BCUT2D eigenvalue weighted by molar-refractivity contribution is 5.78. The van der Waals surface area contributed by atoms with E-state index in [1.165, 1.54) is 19.4 Å². The number of rotatable bonds is 5. The van der Waals surface area contributed by atoms with Gasteiger partial charge in [-0.3, -0.25) is 19.9 Å². The molecule has 108 valence electrons. The van der Waals surface area contributed by atoms with Crippen LogP contribution in [0.5, 0.6) is 0 Å². The molecule has 0 aromatic rings. The lowest BCUT2D eigenvalue weighted by Crippen LogP contribution is -2.61. The van der Waals surface area contributed by atoms with Crippen LogP contribution in [0, 0.1) is 0 Å². The van der Waals surface area contributed by atoms with Crippen LogP contribution in [0.2, 0.25) is 0 Å². The molecule has 0 radical (unpaired) electrons. The Morgan fingerprint density at radius 2 is 2.11 bits per heavy atom. The fourth-order valence-electron chi connectivity index (χ4n) is 3.50. The molecule has 19 heavy (non-hydrogen) atoms. The molecule has 3 rings (SSSR count). The molecule has 2 N–H and O–H groups in total. The van der Waals surface area contributed by atoms with Crippen molar-refractivity contribution in [1.29, 1.82) is 0 Å². The SMILES string of the molecule is CC(CN1CCN2CCCC2C1)(NC1CC1)C(=O)O. The van der Waals surface area contributed by atoms with Crippen LogP contribution >= 0.6 is 0 Å². The minimum atomic E-state index is -0.790. The lowest BCUT2D eigenvalue weighted by molar-refractivity contribution is -0.145. The predicted molar refractivity (Wildman–Crippen MR) is 73.2 cm³/mol. The number of fused-ring (bicyclic) bond motifs is 1. The molecule has 0 aromatic heterocycles. The van der Waals surface area contributed by atoms with Crippen molar-refractivity contribution in [2.24, 2.45) is 0 Å². The smallest absolute Gasteiger partial charge is 0.324 e. The molecule has 2 atom stereocenters. The van der Waals surface area contributed by atoms with E-state index < -0.39 is 11.5 Å². The Morgan fingerprint density at radius 1 is 1.32 bits per heavy atom. The molecule has 5 heteroatoms. The molecule has 2 saturated heterocycles. The first kappa shape index (κ1) is 13.3. The molecule has 0 aromatic carbocycles. The molecule has 1 saturated carbocycles. The summed E-state index contributed by atoms with van der Waals surface area (Å²) in [5, 5.41) is 12.8. The third kappa shape index (κ3) is 2.93. The van der Waals surface area contributed by atoms with Gasteiger partial charge in [-0.05, 0) is 39.2 Å². The summed E-state index contributed by atoms with van der Waals surface area (Å²) in [6.07, 6.45) is 4.82. The maximum Gasteiger partial charge on any atom is 0.324 e. The standard InChI is InChI=1S/C14H25N3O2/c1-14(13(18)19,15-11-4-5-11)10-16-7-8-17-6-2-3-12(17)9-16/h11-12,15H,2-10H2,1H3,(H,18,19). The maximum atomic E-state index is 11.6. The molecule has 3 aliphatic rings. The van der Waals surface area contributed by atoms with Gasteiger partial charge in [-0.25, -0.2) is 0 Å². The Hall–Kier alpha value is -0.650. The topological polar surface area (TPSA) is 55.8 Å². The molecule has 5 nitrogen and oxygen atoms in total. The van der Waals surface area contributed by atoms with Crippen molar-refractivity contribution in [2.75, 3.05) is 32.7 Å². The first-order valence-corrected chi connectivity index (χ1v) is 7.54. The van der Waals surface area contributed by atoms with E-state index in [0.717, 1.165) is 32.5 Å². The van der Waals surface area contributed by atoms with Crippen LogP contribution < -0.4 is 5.32 Å². The van der Waals surface area contributed by atoms with Crippen LogP contribution in [-0.4, -0.2) is 71.2 Å². The average molecular weight is 267 g/mol. The zero-order valence-electron chi connectivity index (χ0n) is 11.8. The highest BCUT2D eigenvalue weighted by Crippen LogP contribution is 2.25. The van der Waals surface area contributed by atoms with Crippen LogP contribution in [0.25, 0.3) is 0 Å². The molecule has 1 aliphatic carbocycles. The third-order valence-electron chi connectivity index (χ3n) is 4.78. The fraction of sp³-hybridized carbons (Fsp3) is 0.929. The Bertz CT molecular complexity index is 359. The molecule has 0 spiro atoms. The van der Waals surface area contributed by atoms with Crippen molar-refractivity contribution < 1.29 is 9.90 Å². The zero-order chi connectivity index (χ0) is 13.5. The van der Waals surface area contributed by atoms with E-state index in [1.54, 1.807) is 0 Å². The molecular weight excluding hydrogens is 242 g/mol. The van der Waals surface area contributed by atoms with Crippen molar-refractivity contribution in [3.63, 3.8) is 0 Å². The number of carbonyl (C=O) groups is 1. The van der Waals surface area contributed by atoms with E-state index in [0.29, 0.717) is 18.6 Å². The molecule has 2 heterocycles. The van der Waals surface area contributed by atoms with E-state index in [9.17, 15) is 9.90 Å². The predicted octanol–water partition coefficient (Wildman–Crippen LogP) is 0.362. The van der Waals surface area contributed by atoms with Crippen LogP contribution in [0.4, 0.5) is 0 Å². The second-order valence-electron chi connectivity index (χ2n) is 6.62. The summed E-state index contributed by atoms with van der Waals surface area (Å²) in [5.41, 5.74) is -0.790. The second-order valence-corrected chi connectivity index (χ2v) is 6.62. The van der Waals surface area contributed by atoms with E-state index in [2.05, 4.69) is 15.1 Å². The van der Waals surface area contributed by atoms with Gasteiger partial charge in [0.15, 0.2) is 0 Å². The number of hydrogen-bond acceptors (Lipinski definition) is 4. The third-order valence-corrected chi connectivity index (χ3v) is 4.78. The number of carboxylic acid groups (broad SMARTS) is 1. The Balaban J connectivity index is 1.60. The number of nitrogens with one attached hydrogen (secondary N) is 1. The van der Waals surface area contributed by atoms with E-state index in [1.807, 2.05) is 6.92 Å². The molecule has 3 fully saturated rings. The van der Waals surface area contributed by atoms with Crippen molar-refractivity contribution >= 4 is 5.97 Å². The number of piperazine rings is 1. The van der Waals surface area contributed by atoms with Gasteiger partial charge in [0.05, 0.1) is 0 Å². The van der Waals surface area contributed by atoms with E-state index in [4.69, 9.17) is 0 Å². The van der Waals surface area contributed by atoms with Gasteiger partial charge in [-0.2, -0.15) is 0 Å². The summed E-state index contributed by atoms with van der Waals surface area (Å²) in [4.78, 5) is 16.5. The number of carboxylic acids is 1. The normalized spacial score (nSPS) is 31.9. The van der Waals surface area contributed by atoms with Crippen LogP contribution in [0.3, 0.4) is 0 Å². The molecule has 0 bridgehead atoms. The van der Waals surface area contributed by atoms with Crippen molar-refractivity contribution in [3.8, 4) is 0 Å². The lowest BCUT2D eigenvalue weighted by Gasteiger charge is -2.41. The number of hydrogen-bond donors (Lipinski definition) is 2. The Labute approximate surface area is 114 Å². The van der Waals surface area contributed by atoms with Gasteiger partial charge >= 0.3 is 5.97 Å². The van der Waals surface area contributed by atoms with Crippen LogP contribution in [0.1, 0.15) is 32.6 Å². The van der Waals surface area contributed by atoms with Crippen LogP contribution in [0.15, 0.2) is 0 Å². The van der Waals surface area contributed by atoms with Gasteiger partial charge in [0.1, 0.15) is 5.54 Å². The fourth-order valence-corrected chi connectivity index (χ4v) is 3.50. The van der Waals surface area contributed by atoms with Crippen molar-refractivity contribution in [2.45, 2.75) is 50.2 Å². The van der Waals surface area contributed by atoms with Crippen LogP contribution in [-0.2, 0) is 4.79 Å². The highest BCUT2D eigenvalue weighted by Gasteiger charge is 2.41. The first-order valence-electron chi connectivity index (χ1n) is 7.54. The van der Waals surface area contributed by atoms with E-state index in [-0.39, 0.29) is 0 Å². The molecular formula is C14H25N3O2. The average Bonchev–Trinajstić information content (AvgIpc) is 3.04. The summed E-state index contributed by atoms with van der Waals surface area (Å²) >= 11 is 0. The monoisotopic (exact) mass is 267 g/mol. The number of aliphatic carboxylic acids is 1. The van der Waals surface area contributed by atoms with Gasteiger partial charge in [0.25, 0.3) is 0 Å². The summed E-state index contributed by atoms with van der Waals surface area (Å²) in [6.45, 7) is 6.84. The van der Waals surface area contributed by atoms with Crippen molar-refractivity contribution in [3.05, 3.63) is 0 Å².